The number of benzene rings is 3. The fourth-order valence-corrected chi connectivity index (χ4v) is 4.49. The van der Waals surface area contributed by atoms with Gasteiger partial charge in [-0.05, 0) is 46.2 Å². The zero-order chi connectivity index (χ0) is 22.9. The van der Waals surface area contributed by atoms with Gasteiger partial charge in [0, 0.05) is 18.2 Å². The Labute approximate surface area is 192 Å². The topological polar surface area (TPSA) is 72.0 Å². The van der Waals surface area contributed by atoms with E-state index in [0.29, 0.717) is 35.6 Å². The highest BCUT2D eigenvalue weighted by Gasteiger charge is 2.28. The Morgan fingerprint density at radius 2 is 1.73 bits per heavy atom. The van der Waals surface area contributed by atoms with E-state index in [1.807, 2.05) is 36.4 Å². The van der Waals surface area contributed by atoms with Gasteiger partial charge in [0.2, 0.25) is 5.95 Å². The number of hydrogen-bond donors (Lipinski definition) is 1. The molecule has 5 rings (SSSR count). The third-order valence-corrected chi connectivity index (χ3v) is 6.37. The summed E-state index contributed by atoms with van der Waals surface area (Å²) in [5, 5.41) is 4.68. The molecule has 3 aromatic carbocycles. The van der Waals surface area contributed by atoms with E-state index in [1.165, 1.54) is 5.56 Å². The number of carbonyl (C=O) groups is 2. The van der Waals surface area contributed by atoms with Crippen LogP contribution in [-0.2, 0) is 6.42 Å². The van der Waals surface area contributed by atoms with Crippen molar-refractivity contribution in [2.24, 2.45) is 0 Å². The van der Waals surface area contributed by atoms with Crippen LogP contribution in [-0.4, -0.2) is 21.7 Å². The highest BCUT2D eigenvalue weighted by Crippen LogP contribution is 2.32. The average molecular weight is 436 g/mol. The van der Waals surface area contributed by atoms with Crippen LogP contribution < -0.4 is 5.32 Å². The van der Waals surface area contributed by atoms with Gasteiger partial charge < -0.3 is 0 Å². The first-order valence-electron chi connectivity index (χ1n) is 11.3. The number of anilines is 1. The Kier molecular flexibility index (Phi) is 5.47. The van der Waals surface area contributed by atoms with Gasteiger partial charge in [0.25, 0.3) is 5.91 Å². The first-order valence-corrected chi connectivity index (χ1v) is 11.3. The summed E-state index contributed by atoms with van der Waals surface area (Å²) < 4.78 is 0. The van der Waals surface area contributed by atoms with Crippen molar-refractivity contribution in [3.8, 4) is 0 Å². The van der Waals surface area contributed by atoms with Crippen LogP contribution in [0, 0.1) is 0 Å². The van der Waals surface area contributed by atoms with Crippen molar-refractivity contribution < 1.29 is 9.59 Å². The van der Waals surface area contributed by atoms with Crippen LogP contribution in [0.4, 0.5) is 5.95 Å². The number of amides is 1. The third-order valence-electron chi connectivity index (χ3n) is 6.37. The molecule has 1 amide bonds. The lowest BCUT2D eigenvalue weighted by Gasteiger charge is -2.23. The van der Waals surface area contributed by atoms with Crippen LogP contribution in [0.15, 0.2) is 72.9 Å². The Bertz CT molecular complexity index is 1350. The Morgan fingerprint density at radius 1 is 0.970 bits per heavy atom. The predicted octanol–water partition coefficient (Wildman–Crippen LogP) is 5.92. The summed E-state index contributed by atoms with van der Waals surface area (Å²) in [7, 11) is 0. The van der Waals surface area contributed by atoms with Crippen LogP contribution in [0.25, 0.3) is 10.8 Å². The van der Waals surface area contributed by atoms with E-state index >= 15 is 0 Å². The molecule has 0 unspecified atom stereocenters. The van der Waals surface area contributed by atoms with Gasteiger partial charge in [-0.25, -0.2) is 9.97 Å². The van der Waals surface area contributed by atoms with Gasteiger partial charge in [-0.3, -0.25) is 14.9 Å². The summed E-state index contributed by atoms with van der Waals surface area (Å²) in [6.07, 6.45) is 2.63. The van der Waals surface area contributed by atoms with Crippen molar-refractivity contribution in [2.75, 3.05) is 5.32 Å². The molecule has 1 aromatic heterocycles. The first kappa shape index (κ1) is 21.0. The summed E-state index contributed by atoms with van der Waals surface area (Å²) in [6, 6.07) is 21.9. The van der Waals surface area contributed by atoms with Crippen molar-refractivity contribution in [1.29, 1.82) is 0 Å². The molecule has 1 heterocycles. The first-order chi connectivity index (χ1) is 16.0. The minimum atomic E-state index is -0.269. The van der Waals surface area contributed by atoms with Crippen molar-refractivity contribution in [3.05, 3.63) is 101 Å². The number of ketones is 1. The highest BCUT2D eigenvalue weighted by molar-refractivity contribution is 6.12. The van der Waals surface area contributed by atoms with Gasteiger partial charge in [0.15, 0.2) is 5.78 Å². The summed E-state index contributed by atoms with van der Waals surface area (Å²) in [6.45, 7) is 4.33. The maximum atomic E-state index is 13.0. The molecule has 0 saturated heterocycles. The number of rotatable bonds is 4. The summed E-state index contributed by atoms with van der Waals surface area (Å²) >= 11 is 0. The largest absolute Gasteiger partial charge is 0.294 e. The molecule has 0 bridgehead atoms. The Hall–Kier alpha value is -3.86. The zero-order valence-corrected chi connectivity index (χ0v) is 18.7. The predicted molar refractivity (Wildman–Crippen MR) is 130 cm³/mol. The summed E-state index contributed by atoms with van der Waals surface area (Å²) in [5.74, 6) is 0.530. The van der Waals surface area contributed by atoms with Crippen molar-refractivity contribution in [2.45, 2.75) is 38.5 Å². The van der Waals surface area contributed by atoms with E-state index in [4.69, 9.17) is 0 Å². The number of fused-ring (bicyclic) bond motifs is 2. The van der Waals surface area contributed by atoms with Gasteiger partial charge in [-0.15, -0.1) is 0 Å². The van der Waals surface area contributed by atoms with Crippen LogP contribution in [0.5, 0.6) is 0 Å². The van der Waals surface area contributed by atoms with E-state index < -0.39 is 0 Å². The molecule has 0 saturated carbocycles. The standard InChI is InChI=1S/C28H25N3O2/c1-17(2)18-10-12-19(13-11-18)21-14-25-24(26(32)15-21)16-29-28(30-25)31-27(33)23-9-5-7-20-6-3-4-8-22(20)23/h3-13,16-17,21H,14-15H2,1-2H3,(H,29,30,31,33)/t21-/m0/s1. The van der Waals surface area contributed by atoms with Gasteiger partial charge in [-0.2, -0.15) is 0 Å². The molecule has 0 radical (unpaired) electrons. The monoisotopic (exact) mass is 435 g/mol. The van der Waals surface area contributed by atoms with Crippen LogP contribution in [0.2, 0.25) is 0 Å². The molecule has 0 spiro atoms. The van der Waals surface area contributed by atoms with Gasteiger partial charge >= 0.3 is 0 Å². The smallest absolute Gasteiger partial charge is 0.258 e. The molecule has 5 heteroatoms. The molecule has 1 aliphatic carbocycles. The molecule has 5 nitrogen and oxygen atoms in total. The second-order valence-corrected chi connectivity index (χ2v) is 8.88. The molecule has 0 fully saturated rings. The van der Waals surface area contributed by atoms with E-state index in [0.717, 1.165) is 16.3 Å². The van der Waals surface area contributed by atoms with E-state index in [9.17, 15) is 9.59 Å². The normalized spacial score (nSPS) is 15.5. The van der Waals surface area contributed by atoms with E-state index in [2.05, 4.69) is 53.4 Å². The number of nitrogens with zero attached hydrogens (tertiary/aromatic N) is 2. The minimum absolute atomic E-state index is 0.0427. The molecule has 1 N–H and O–H groups in total. The van der Waals surface area contributed by atoms with Crippen LogP contribution >= 0.6 is 0 Å². The second kappa shape index (κ2) is 8.58. The van der Waals surface area contributed by atoms with E-state index in [1.54, 1.807) is 12.3 Å². The summed E-state index contributed by atoms with van der Waals surface area (Å²) in [5.41, 5.74) is 4.22. The number of aromatic nitrogens is 2. The van der Waals surface area contributed by atoms with Gasteiger partial charge in [0.1, 0.15) is 0 Å². The molecule has 33 heavy (non-hydrogen) atoms. The fourth-order valence-electron chi connectivity index (χ4n) is 4.49. The Morgan fingerprint density at radius 3 is 2.52 bits per heavy atom. The number of carbonyl (C=O) groups excluding carboxylic acids is 2. The van der Waals surface area contributed by atoms with Crippen molar-refractivity contribution in [1.82, 2.24) is 9.97 Å². The van der Waals surface area contributed by atoms with Gasteiger partial charge in [0.05, 0.1) is 11.3 Å². The van der Waals surface area contributed by atoms with E-state index in [-0.39, 0.29) is 23.6 Å². The maximum absolute atomic E-state index is 13.0. The lowest BCUT2D eigenvalue weighted by Crippen LogP contribution is -2.22. The van der Waals surface area contributed by atoms with Crippen molar-refractivity contribution >= 4 is 28.4 Å². The average Bonchev–Trinajstić information content (AvgIpc) is 2.83. The maximum Gasteiger partial charge on any atom is 0.258 e. The number of Topliss-reactive ketones (excluding diaryl/α,β-unsaturated/α-hetero) is 1. The fraction of sp³-hybridized carbons (Fsp3) is 0.214. The molecule has 4 aromatic rings. The molecule has 1 atom stereocenters. The number of nitrogens with one attached hydrogen (secondary N) is 1. The Balaban J connectivity index is 1.39. The lowest BCUT2D eigenvalue weighted by molar-refractivity contribution is 0.0962. The SMILES string of the molecule is CC(C)c1ccc([C@@H]2CC(=O)c3cnc(NC(=O)c4cccc5ccccc45)nc3C2)cc1. The molecule has 0 aliphatic heterocycles. The molecule has 164 valence electrons. The molecular formula is C28H25N3O2. The lowest BCUT2D eigenvalue weighted by atomic mass is 9.81. The van der Waals surface area contributed by atoms with Gasteiger partial charge in [-0.1, -0.05) is 74.5 Å². The summed E-state index contributed by atoms with van der Waals surface area (Å²) in [4.78, 5) is 34.6. The second-order valence-electron chi connectivity index (χ2n) is 8.88. The zero-order valence-electron chi connectivity index (χ0n) is 18.7. The highest BCUT2D eigenvalue weighted by atomic mass is 16.1. The number of hydrogen-bond acceptors (Lipinski definition) is 4. The minimum Gasteiger partial charge on any atom is -0.294 e. The van der Waals surface area contributed by atoms with Crippen LogP contribution in [0.1, 0.15) is 69.6 Å². The third kappa shape index (κ3) is 4.14. The van der Waals surface area contributed by atoms with Crippen molar-refractivity contribution in [3.63, 3.8) is 0 Å². The quantitative estimate of drug-likeness (QED) is 0.432. The molecule has 1 aliphatic rings. The van der Waals surface area contributed by atoms with Crippen LogP contribution in [0.3, 0.4) is 0 Å². The molecular weight excluding hydrogens is 410 g/mol.